The molecule has 4 heteroatoms. The van der Waals surface area contributed by atoms with Crippen LogP contribution in [0.4, 0.5) is 0 Å². The van der Waals surface area contributed by atoms with Gasteiger partial charge >= 0.3 is 0 Å². The maximum Gasteiger partial charge on any atom is 0.0785 e. The molecule has 0 bridgehead atoms. The third-order valence-electron chi connectivity index (χ3n) is 1.82. The maximum absolute atomic E-state index is 8.99. The first-order valence-electron chi connectivity index (χ1n) is 3.34. The first-order valence-corrected chi connectivity index (χ1v) is 4.11. The minimum atomic E-state index is -0.665. The van der Waals surface area contributed by atoms with Gasteiger partial charge in [0.2, 0.25) is 0 Å². The lowest BCUT2D eigenvalue weighted by atomic mass is 10.2. The van der Waals surface area contributed by atoms with Crippen molar-refractivity contribution in [3.05, 3.63) is 0 Å². The van der Waals surface area contributed by atoms with E-state index in [4.69, 9.17) is 14.8 Å². The van der Waals surface area contributed by atoms with Gasteiger partial charge in [0.05, 0.1) is 12.7 Å². The zero-order valence-electron chi connectivity index (χ0n) is 5.66. The van der Waals surface area contributed by atoms with Crippen molar-refractivity contribution in [3.8, 4) is 0 Å². The van der Waals surface area contributed by atoms with Crippen LogP contribution in [0.2, 0.25) is 0 Å². The molecule has 0 aromatic rings. The SMILES string of the molecule is OC[C@@H](O)CC1(SO)CC1. The molecule has 60 valence electrons. The molecule has 0 radical (unpaired) electrons. The van der Waals surface area contributed by atoms with E-state index in [1.807, 2.05) is 0 Å². The summed E-state index contributed by atoms with van der Waals surface area (Å²) in [4.78, 5) is 0. The van der Waals surface area contributed by atoms with E-state index >= 15 is 0 Å². The summed E-state index contributed by atoms with van der Waals surface area (Å²) in [5.41, 5.74) is 0. The lowest BCUT2D eigenvalue weighted by Crippen LogP contribution is -2.19. The Kier molecular flexibility index (Phi) is 2.57. The monoisotopic (exact) mass is 164 g/mol. The fraction of sp³-hybridized carbons (Fsp3) is 1.00. The van der Waals surface area contributed by atoms with E-state index in [9.17, 15) is 0 Å². The Morgan fingerprint density at radius 2 is 2.10 bits per heavy atom. The number of aliphatic hydroxyl groups excluding tert-OH is 2. The van der Waals surface area contributed by atoms with E-state index in [0.29, 0.717) is 6.42 Å². The Morgan fingerprint density at radius 3 is 2.40 bits per heavy atom. The quantitative estimate of drug-likeness (QED) is 0.528. The fourth-order valence-corrected chi connectivity index (χ4v) is 1.52. The summed E-state index contributed by atoms with van der Waals surface area (Å²) in [5.74, 6) is 0. The van der Waals surface area contributed by atoms with E-state index in [-0.39, 0.29) is 11.4 Å². The Labute approximate surface area is 64.3 Å². The van der Waals surface area contributed by atoms with Crippen LogP contribution in [0.1, 0.15) is 19.3 Å². The van der Waals surface area contributed by atoms with Crippen LogP contribution >= 0.6 is 12.0 Å². The minimum absolute atomic E-state index is 0.123. The molecule has 0 amide bonds. The van der Waals surface area contributed by atoms with E-state index < -0.39 is 6.10 Å². The third-order valence-corrected chi connectivity index (χ3v) is 2.78. The highest BCUT2D eigenvalue weighted by molar-refractivity contribution is 7.95. The molecule has 3 N–H and O–H groups in total. The Balaban J connectivity index is 2.23. The number of rotatable bonds is 4. The zero-order chi connectivity index (χ0) is 7.61. The van der Waals surface area contributed by atoms with E-state index in [1.54, 1.807) is 0 Å². The van der Waals surface area contributed by atoms with Crippen LogP contribution in [0.25, 0.3) is 0 Å². The van der Waals surface area contributed by atoms with Gasteiger partial charge in [-0.25, -0.2) is 0 Å². The van der Waals surface area contributed by atoms with Crippen molar-refractivity contribution in [2.75, 3.05) is 6.61 Å². The largest absolute Gasteiger partial charge is 0.394 e. The number of hydrogen-bond donors (Lipinski definition) is 3. The second kappa shape index (κ2) is 3.09. The fourth-order valence-electron chi connectivity index (χ4n) is 0.966. The van der Waals surface area contributed by atoms with Crippen LogP contribution in [0.5, 0.6) is 0 Å². The number of aliphatic hydroxyl groups is 2. The van der Waals surface area contributed by atoms with Crippen molar-refractivity contribution < 1.29 is 14.8 Å². The molecule has 0 aromatic heterocycles. The lowest BCUT2D eigenvalue weighted by Gasteiger charge is -2.13. The molecule has 0 spiro atoms. The number of hydrogen-bond acceptors (Lipinski definition) is 4. The molecule has 0 heterocycles. The first kappa shape index (κ1) is 8.33. The van der Waals surface area contributed by atoms with Crippen molar-refractivity contribution in [3.63, 3.8) is 0 Å². The lowest BCUT2D eigenvalue weighted by molar-refractivity contribution is 0.0861. The standard InChI is InChI=1S/C6H12O3S/c7-4-5(8)3-6(10-9)1-2-6/h5,7-9H,1-4H2/t5-/m0/s1. The van der Waals surface area contributed by atoms with Gasteiger partial charge in [-0.05, 0) is 31.3 Å². The molecule has 1 aliphatic carbocycles. The molecule has 3 nitrogen and oxygen atoms in total. The molecule has 1 rings (SSSR count). The molecule has 1 aliphatic rings. The van der Waals surface area contributed by atoms with Gasteiger partial charge in [0.1, 0.15) is 0 Å². The normalized spacial score (nSPS) is 24.3. The average molecular weight is 164 g/mol. The molecule has 0 unspecified atom stereocenters. The van der Waals surface area contributed by atoms with Crippen LogP contribution in [0, 0.1) is 0 Å². The van der Waals surface area contributed by atoms with E-state index in [0.717, 1.165) is 24.9 Å². The summed E-state index contributed by atoms with van der Waals surface area (Å²) < 4.78 is 8.60. The Morgan fingerprint density at radius 1 is 1.50 bits per heavy atom. The highest BCUT2D eigenvalue weighted by Crippen LogP contribution is 2.50. The second-order valence-electron chi connectivity index (χ2n) is 2.81. The second-order valence-corrected chi connectivity index (χ2v) is 3.86. The first-order chi connectivity index (χ1) is 4.72. The molecule has 1 saturated carbocycles. The summed E-state index contributed by atoms with van der Waals surface area (Å²) in [7, 11) is 0. The highest BCUT2D eigenvalue weighted by atomic mass is 32.2. The van der Waals surface area contributed by atoms with E-state index in [2.05, 4.69) is 0 Å². The van der Waals surface area contributed by atoms with Crippen molar-refractivity contribution in [1.82, 2.24) is 0 Å². The Bertz CT molecular complexity index is 114. The van der Waals surface area contributed by atoms with Crippen molar-refractivity contribution in [2.24, 2.45) is 0 Å². The summed E-state index contributed by atoms with van der Waals surface area (Å²) in [6.07, 6.45) is 1.74. The molecule has 0 aliphatic heterocycles. The van der Waals surface area contributed by atoms with Gasteiger partial charge in [-0.2, -0.15) is 0 Å². The van der Waals surface area contributed by atoms with Crippen molar-refractivity contribution in [2.45, 2.75) is 30.1 Å². The highest BCUT2D eigenvalue weighted by Gasteiger charge is 2.44. The minimum Gasteiger partial charge on any atom is -0.394 e. The smallest absolute Gasteiger partial charge is 0.0785 e. The van der Waals surface area contributed by atoms with Crippen LogP contribution < -0.4 is 0 Å². The van der Waals surface area contributed by atoms with Gasteiger partial charge in [-0.15, -0.1) is 0 Å². The van der Waals surface area contributed by atoms with Gasteiger partial charge in [-0.1, -0.05) is 0 Å². The van der Waals surface area contributed by atoms with Crippen LogP contribution in [0.3, 0.4) is 0 Å². The summed E-state index contributed by atoms with van der Waals surface area (Å²) in [6, 6.07) is 0. The molecule has 1 fully saturated rings. The van der Waals surface area contributed by atoms with Gasteiger partial charge in [0, 0.05) is 4.75 Å². The van der Waals surface area contributed by atoms with Crippen LogP contribution in [0.15, 0.2) is 0 Å². The molecular weight excluding hydrogens is 152 g/mol. The molecule has 10 heavy (non-hydrogen) atoms. The predicted octanol–water partition coefficient (Wildman–Crippen LogP) is 0.468. The van der Waals surface area contributed by atoms with Gasteiger partial charge in [0.15, 0.2) is 0 Å². The summed E-state index contributed by atoms with van der Waals surface area (Å²) >= 11 is 0.811. The molecule has 0 saturated heterocycles. The maximum atomic E-state index is 8.99. The van der Waals surface area contributed by atoms with E-state index in [1.165, 1.54) is 0 Å². The van der Waals surface area contributed by atoms with Gasteiger partial charge in [-0.3, -0.25) is 0 Å². The Hall–Kier alpha value is 0.230. The van der Waals surface area contributed by atoms with Gasteiger partial charge in [0.25, 0.3) is 0 Å². The molecule has 0 aromatic carbocycles. The van der Waals surface area contributed by atoms with Crippen molar-refractivity contribution >= 4 is 12.0 Å². The van der Waals surface area contributed by atoms with Crippen LogP contribution in [-0.2, 0) is 0 Å². The topological polar surface area (TPSA) is 60.7 Å². The average Bonchev–Trinajstić information content (AvgIpc) is 2.70. The van der Waals surface area contributed by atoms with Crippen molar-refractivity contribution in [1.29, 1.82) is 0 Å². The predicted molar refractivity (Wildman–Crippen MR) is 39.9 cm³/mol. The summed E-state index contributed by atoms with van der Waals surface area (Å²) in [5, 5.41) is 17.5. The third kappa shape index (κ3) is 1.85. The molecule has 1 atom stereocenters. The molecular formula is C6H12O3S. The zero-order valence-corrected chi connectivity index (χ0v) is 6.47. The van der Waals surface area contributed by atoms with Crippen LogP contribution in [-0.4, -0.2) is 32.2 Å². The summed E-state index contributed by atoms with van der Waals surface area (Å²) in [6.45, 7) is -0.206. The van der Waals surface area contributed by atoms with Gasteiger partial charge < -0.3 is 14.8 Å².